The van der Waals surface area contributed by atoms with Crippen molar-refractivity contribution >= 4 is 18.3 Å². The maximum absolute atomic E-state index is 12.1. The second-order valence-corrected chi connectivity index (χ2v) is 5.51. The molecule has 0 heterocycles. The maximum atomic E-state index is 12.1. The summed E-state index contributed by atoms with van der Waals surface area (Å²) < 4.78 is 10.7. The molecule has 1 aromatic rings. The molecule has 0 saturated carbocycles. The van der Waals surface area contributed by atoms with E-state index < -0.39 is 6.10 Å². The average Bonchev–Trinajstić information content (AvgIpc) is 2.46. The van der Waals surface area contributed by atoms with Crippen LogP contribution in [0.2, 0.25) is 0 Å². The summed E-state index contributed by atoms with van der Waals surface area (Å²) in [6.07, 6.45) is 0.289. The summed E-state index contributed by atoms with van der Waals surface area (Å²) in [6.45, 7) is 6.36. The zero-order valence-corrected chi connectivity index (χ0v) is 14.5. The fourth-order valence-electron chi connectivity index (χ4n) is 2.01. The molecule has 5 nitrogen and oxygen atoms in total. The number of ether oxygens (including phenoxy) is 2. The fourth-order valence-corrected chi connectivity index (χ4v) is 2.01. The molecule has 0 spiro atoms. The molecule has 0 bridgehead atoms. The fraction of sp³-hybridized carbons (Fsp3) is 0.562. The number of carbonyl (C=O) groups is 1. The van der Waals surface area contributed by atoms with Gasteiger partial charge in [0.05, 0.1) is 7.11 Å². The molecule has 0 fully saturated rings. The molecule has 0 aliphatic heterocycles. The molecule has 0 aromatic heterocycles. The van der Waals surface area contributed by atoms with Crippen LogP contribution in [0.5, 0.6) is 11.5 Å². The maximum Gasteiger partial charge on any atom is 0.261 e. The molecule has 0 radical (unpaired) electrons. The molecule has 22 heavy (non-hydrogen) atoms. The van der Waals surface area contributed by atoms with Gasteiger partial charge >= 0.3 is 0 Å². The largest absolute Gasteiger partial charge is 0.497 e. The van der Waals surface area contributed by atoms with Gasteiger partial charge in [-0.1, -0.05) is 13.8 Å². The van der Waals surface area contributed by atoms with Gasteiger partial charge in [-0.2, -0.15) is 0 Å². The normalized spacial score (nSPS) is 13.0. The Bertz CT molecular complexity index is 438. The number of carbonyl (C=O) groups excluding carboxylic acids is 1. The first-order chi connectivity index (χ1) is 9.96. The molecule has 0 aliphatic rings. The molecule has 6 heteroatoms. The van der Waals surface area contributed by atoms with Crippen LogP contribution >= 0.6 is 12.4 Å². The Morgan fingerprint density at radius 3 is 2.18 bits per heavy atom. The summed E-state index contributed by atoms with van der Waals surface area (Å²) in [4.78, 5) is 12.1. The zero-order valence-electron chi connectivity index (χ0n) is 13.7. The van der Waals surface area contributed by atoms with Gasteiger partial charge < -0.3 is 20.5 Å². The van der Waals surface area contributed by atoms with Gasteiger partial charge in [0.15, 0.2) is 6.10 Å². The van der Waals surface area contributed by atoms with E-state index in [0.717, 1.165) is 12.2 Å². The van der Waals surface area contributed by atoms with Crippen molar-refractivity contribution in [2.24, 2.45) is 11.7 Å². The lowest BCUT2D eigenvalue weighted by Crippen LogP contribution is -2.46. The summed E-state index contributed by atoms with van der Waals surface area (Å²) in [5, 5.41) is 2.93. The van der Waals surface area contributed by atoms with E-state index in [1.165, 1.54) is 0 Å². The van der Waals surface area contributed by atoms with Crippen molar-refractivity contribution in [1.82, 2.24) is 5.32 Å². The van der Waals surface area contributed by atoms with Crippen LogP contribution in [-0.4, -0.2) is 31.7 Å². The number of benzene rings is 1. The van der Waals surface area contributed by atoms with E-state index in [1.807, 2.05) is 0 Å². The lowest BCUT2D eigenvalue weighted by Gasteiger charge is -2.21. The monoisotopic (exact) mass is 330 g/mol. The highest BCUT2D eigenvalue weighted by atomic mass is 35.5. The standard InChI is InChI=1S/C16H26N2O3.ClH/c1-11(2)9-13(10-17)18-16(19)12(3)21-15-7-5-14(20-4)6-8-15;/h5-8,11-13H,9-10,17H2,1-4H3,(H,18,19);1H. The van der Waals surface area contributed by atoms with Crippen molar-refractivity contribution in [2.75, 3.05) is 13.7 Å². The zero-order chi connectivity index (χ0) is 15.8. The number of rotatable bonds is 8. The Hall–Kier alpha value is -1.46. The number of nitrogens with two attached hydrogens (primary N) is 1. The third kappa shape index (κ3) is 7.00. The van der Waals surface area contributed by atoms with Crippen molar-refractivity contribution in [1.29, 1.82) is 0 Å². The summed E-state index contributed by atoms with van der Waals surface area (Å²) in [5.41, 5.74) is 5.68. The highest BCUT2D eigenvalue weighted by molar-refractivity contribution is 5.85. The Labute approximate surface area is 139 Å². The SMILES string of the molecule is COc1ccc(OC(C)C(=O)NC(CN)CC(C)C)cc1.Cl. The molecule has 1 aromatic carbocycles. The molecular weight excluding hydrogens is 304 g/mol. The molecule has 1 amide bonds. The minimum atomic E-state index is -0.570. The highest BCUT2D eigenvalue weighted by Gasteiger charge is 2.19. The molecule has 2 atom stereocenters. The second kappa shape index (κ2) is 10.3. The lowest BCUT2D eigenvalue weighted by atomic mass is 10.0. The number of amides is 1. The smallest absolute Gasteiger partial charge is 0.261 e. The number of nitrogens with one attached hydrogen (secondary N) is 1. The van der Waals surface area contributed by atoms with E-state index in [-0.39, 0.29) is 24.4 Å². The topological polar surface area (TPSA) is 73.6 Å². The van der Waals surface area contributed by atoms with E-state index in [4.69, 9.17) is 15.2 Å². The predicted molar refractivity (Wildman–Crippen MR) is 90.8 cm³/mol. The summed E-state index contributed by atoms with van der Waals surface area (Å²) in [6, 6.07) is 7.12. The van der Waals surface area contributed by atoms with Crippen molar-refractivity contribution in [3.05, 3.63) is 24.3 Å². The molecule has 126 valence electrons. The Balaban J connectivity index is 0.00000441. The molecule has 3 N–H and O–H groups in total. The van der Waals surface area contributed by atoms with Crippen LogP contribution in [0.15, 0.2) is 24.3 Å². The lowest BCUT2D eigenvalue weighted by molar-refractivity contribution is -0.128. The van der Waals surface area contributed by atoms with Crippen molar-refractivity contribution in [3.8, 4) is 11.5 Å². The van der Waals surface area contributed by atoms with Gasteiger partial charge in [-0.3, -0.25) is 4.79 Å². The van der Waals surface area contributed by atoms with Crippen LogP contribution < -0.4 is 20.5 Å². The van der Waals surface area contributed by atoms with Gasteiger partial charge in [0.2, 0.25) is 0 Å². The third-order valence-electron chi connectivity index (χ3n) is 3.13. The van der Waals surface area contributed by atoms with Crippen LogP contribution in [0, 0.1) is 5.92 Å². The first kappa shape index (κ1) is 20.5. The summed E-state index contributed by atoms with van der Waals surface area (Å²) in [7, 11) is 1.60. The van der Waals surface area contributed by atoms with Gasteiger partial charge in [0, 0.05) is 12.6 Å². The van der Waals surface area contributed by atoms with Crippen LogP contribution in [0.1, 0.15) is 27.2 Å². The van der Waals surface area contributed by atoms with E-state index in [2.05, 4.69) is 19.2 Å². The molecule has 2 unspecified atom stereocenters. The molecule has 0 saturated heterocycles. The van der Waals surface area contributed by atoms with Crippen LogP contribution in [0.3, 0.4) is 0 Å². The first-order valence-electron chi connectivity index (χ1n) is 7.27. The van der Waals surface area contributed by atoms with E-state index in [1.54, 1.807) is 38.3 Å². The summed E-state index contributed by atoms with van der Waals surface area (Å²) >= 11 is 0. The van der Waals surface area contributed by atoms with Crippen molar-refractivity contribution < 1.29 is 14.3 Å². The van der Waals surface area contributed by atoms with Gasteiger partial charge in [-0.15, -0.1) is 12.4 Å². The van der Waals surface area contributed by atoms with Crippen LogP contribution in [-0.2, 0) is 4.79 Å². The van der Waals surface area contributed by atoms with E-state index >= 15 is 0 Å². The Morgan fingerprint density at radius 2 is 1.73 bits per heavy atom. The summed E-state index contributed by atoms with van der Waals surface area (Å²) in [5.74, 6) is 1.71. The Morgan fingerprint density at radius 1 is 1.18 bits per heavy atom. The van der Waals surface area contributed by atoms with Crippen molar-refractivity contribution in [2.45, 2.75) is 39.3 Å². The first-order valence-corrected chi connectivity index (χ1v) is 7.27. The highest BCUT2D eigenvalue weighted by Crippen LogP contribution is 2.18. The minimum absolute atomic E-state index is 0. The second-order valence-electron chi connectivity index (χ2n) is 5.51. The molecule has 0 aliphatic carbocycles. The molecular formula is C16H27ClN2O3. The minimum Gasteiger partial charge on any atom is -0.497 e. The predicted octanol–water partition coefficient (Wildman–Crippen LogP) is 2.37. The number of methoxy groups -OCH3 is 1. The van der Waals surface area contributed by atoms with Gasteiger partial charge in [0.25, 0.3) is 5.91 Å². The average molecular weight is 331 g/mol. The van der Waals surface area contributed by atoms with Crippen LogP contribution in [0.4, 0.5) is 0 Å². The number of halogens is 1. The number of hydrogen-bond acceptors (Lipinski definition) is 4. The quantitative estimate of drug-likeness (QED) is 0.767. The van der Waals surface area contributed by atoms with Crippen LogP contribution in [0.25, 0.3) is 0 Å². The Kier molecular flexibility index (Phi) is 9.61. The molecule has 1 rings (SSSR count). The number of hydrogen-bond donors (Lipinski definition) is 2. The van der Waals surface area contributed by atoms with Gasteiger partial charge in [0.1, 0.15) is 11.5 Å². The third-order valence-corrected chi connectivity index (χ3v) is 3.13. The van der Waals surface area contributed by atoms with E-state index in [0.29, 0.717) is 18.2 Å². The van der Waals surface area contributed by atoms with E-state index in [9.17, 15) is 4.79 Å². The van der Waals surface area contributed by atoms with Crippen molar-refractivity contribution in [3.63, 3.8) is 0 Å². The van der Waals surface area contributed by atoms with Gasteiger partial charge in [-0.25, -0.2) is 0 Å². The van der Waals surface area contributed by atoms with Gasteiger partial charge in [-0.05, 0) is 43.5 Å².